The molecule has 0 spiro atoms. The highest BCUT2D eigenvalue weighted by atomic mass is 14.9. The minimum Gasteiger partial charge on any atom is -0.383 e. The van der Waals surface area contributed by atoms with Gasteiger partial charge in [-0.05, 0) is 18.4 Å². The minimum absolute atomic E-state index is 1.02. The van der Waals surface area contributed by atoms with Crippen LogP contribution in [0.2, 0.25) is 0 Å². The van der Waals surface area contributed by atoms with Crippen molar-refractivity contribution in [2.75, 3.05) is 13.1 Å². The zero-order valence-corrected chi connectivity index (χ0v) is 6.11. The van der Waals surface area contributed by atoms with Crippen LogP contribution in [0, 0.1) is 0 Å². The smallest absolute Gasteiger partial charge is 0.180 e. The Balaban J connectivity index is 2.17. The molecular formula is C8H13N2+. The molecule has 0 saturated heterocycles. The van der Waals surface area contributed by atoms with Crippen LogP contribution < -0.4 is 10.3 Å². The largest absolute Gasteiger partial charge is 0.383 e. The van der Waals surface area contributed by atoms with Crippen LogP contribution in [0.15, 0.2) is 11.3 Å². The highest BCUT2D eigenvalue weighted by Crippen LogP contribution is 2.16. The Morgan fingerprint density at radius 3 is 3.40 bits per heavy atom. The molecule has 0 aromatic rings. The first-order valence-electron chi connectivity index (χ1n) is 3.96. The lowest BCUT2D eigenvalue weighted by molar-refractivity contribution is -0.445. The lowest BCUT2D eigenvalue weighted by Gasteiger charge is -2.19. The average Bonchev–Trinajstić information content (AvgIpc) is 2.05. The third-order valence-corrected chi connectivity index (χ3v) is 2.19. The van der Waals surface area contributed by atoms with E-state index in [1.165, 1.54) is 25.1 Å². The van der Waals surface area contributed by atoms with Crippen LogP contribution in [0.5, 0.6) is 0 Å². The number of hydrogen-bond acceptors (Lipinski definition) is 1. The monoisotopic (exact) mass is 137 g/mol. The quantitative estimate of drug-likeness (QED) is 0.448. The molecule has 10 heavy (non-hydrogen) atoms. The summed E-state index contributed by atoms with van der Waals surface area (Å²) < 4.78 is 0. The fourth-order valence-electron chi connectivity index (χ4n) is 1.60. The maximum Gasteiger partial charge on any atom is 0.180 e. The molecular weight excluding hydrogens is 124 g/mol. The summed E-state index contributed by atoms with van der Waals surface area (Å²) in [6.07, 6.45) is 5.92. The summed E-state index contributed by atoms with van der Waals surface area (Å²) in [4.78, 5) is 3.24. The first kappa shape index (κ1) is 5.96. The summed E-state index contributed by atoms with van der Waals surface area (Å²) in [5.74, 6) is 0. The standard InChI is InChI=1S/C8H12N2/c1-2-7-3-5-9-6-8(7)10-4-1/h5,10H,1-4,6H2/p+1. The fourth-order valence-corrected chi connectivity index (χ4v) is 1.60. The summed E-state index contributed by atoms with van der Waals surface area (Å²) in [6, 6.07) is 0. The lowest BCUT2D eigenvalue weighted by atomic mass is 10.00. The van der Waals surface area contributed by atoms with Gasteiger partial charge in [0.05, 0.1) is 5.70 Å². The van der Waals surface area contributed by atoms with Crippen LogP contribution in [-0.2, 0) is 0 Å². The summed E-state index contributed by atoms with van der Waals surface area (Å²) >= 11 is 0. The molecule has 0 saturated carbocycles. The predicted octanol–water partition coefficient (Wildman–Crippen LogP) is -0.821. The van der Waals surface area contributed by atoms with Crippen LogP contribution in [0.1, 0.15) is 19.3 Å². The summed E-state index contributed by atoms with van der Waals surface area (Å²) in [6.45, 7) is 2.19. The molecule has 2 aliphatic heterocycles. The van der Waals surface area contributed by atoms with E-state index in [2.05, 4.69) is 16.5 Å². The van der Waals surface area contributed by atoms with Gasteiger partial charge in [-0.1, -0.05) is 0 Å². The maximum atomic E-state index is 3.42. The van der Waals surface area contributed by atoms with E-state index in [4.69, 9.17) is 0 Å². The van der Waals surface area contributed by atoms with Crippen molar-refractivity contribution in [1.29, 1.82) is 0 Å². The highest BCUT2D eigenvalue weighted by molar-refractivity contribution is 5.56. The number of hydrogen-bond donors (Lipinski definition) is 2. The second kappa shape index (κ2) is 2.45. The SMILES string of the molecule is C1=[NH+]CC2=C(C1)CCCN2. The van der Waals surface area contributed by atoms with Gasteiger partial charge in [-0.3, -0.25) is 0 Å². The molecule has 0 radical (unpaired) electrons. The van der Waals surface area contributed by atoms with Crippen molar-refractivity contribution in [3.63, 3.8) is 0 Å². The Bertz CT molecular complexity index is 171. The van der Waals surface area contributed by atoms with E-state index in [-0.39, 0.29) is 0 Å². The third kappa shape index (κ3) is 0.939. The van der Waals surface area contributed by atoms with Crippen molar-refractivity contribution in [1.82, 2.24) is 5.32 Å². The Kier molecular flexibility index (Phi) is 1.46. The normalized spacial score (nSPS) is 24.0. The van der Waals surface area contributed by atoms with Gasteiger partial charge in [-0.2, -0.15) is 0 Å². The first-order chi connectivity index (χ1) is 4.97. The maximum absolute atomic E-state index is 3.42. The highest BCUT2D eigenvalue weighted by Gasteiger charge is 2.15. The second-order valence-electron chi connectivity index (χ2n) is 2.90. The van der Waals surface area contributed by atoms with Crippen molar-refractivity contribution in [3.05, 3.63) is 11.3 Å². The molecule has 2 rings (SSSR count). The topological polar surface area (TPSA) is 26.0 Å². The first-order valence-corrected chi connectivity index (χ1v) is 3.96. The van der Waals surface area contributed by atoms with E-state index in [0.717, 1.165) is 13.0 Å². The zero-order valence-electron chi connectivity index (χ0n) is 6.11. The molecule has 0 fully saturated rings. The van der Waals surface area contributed by atoms with E-state index in [1.54, 1.807) is 5.57 Å². The van der Waals surface area contributed by atoms with Crippen molar-refractivity contribution in [2.24, 2.45) is 0 Å². The molecule has 0 atom stereocenters. The van der Waals surface area contributed by atoms with Crippen molar-refractivity contribution in [3.8, 4) is 0 Å². The third-order valence-electron chi connectivity index (χ3n) is 2.19. The van der Waals surface area contributed by atoms with Gasteiger partial charge in [0.1, 0.15) is 6.21 Å². The number of allylic oxidation sites excluding steroid dienone is 1. The Morgan fingerprint density at radius 1 is 1.50 bits per heavy atom. The van der Waals surface area contributed by atoms with E-state index in [0.29, 0.717) is 0 Å². The van der Waals surface area contributed by atoms with Gasteiger partial charge < -0.3 is 5.32 Å². The Labute approximate surface area is 61.0 Å². The molecule has 0 unspecified atom stereocenters. The second-order valence-corrected chi connectivity index (χ2v) is 2.90. The number of rotatable bonds is 0. The van der Waals surface area contributed by atoms with Crippen LogP contribution in [0.4, 0.5) is 0 Å². The van der Waals surface area contributed by atoms with Crippen molar-refractivity contribution < 1.29 is 4.99 Å². The van der Waals surface area contributed by atoms with Gasteiger partial charge in [0.2, 0.25) is 0 Å². The van der Waals surface area contributed by atoms with Crippen LogP contribution in [-0.4, -0.2) is 19.3 Å². The Hall–Kier alpha value is -0.790. The average molecular weight is 137 g/mol. The van der Waals surface area contributed by atoms with Crippen molar-refractivity contribution >= 4 is 6.21 Å². The van der Waals surface area contributed by atoms with Crippen LogP contribution in [0.25, 0.3) is 0 Å². The summed E-state index contributed by atoms with van der Waals surface area (Å²) in [5.41, 5.74) is 3.07. The molecule has 54 valence electrons. The van der Waals surface area contributed by atoms with Crippen molar-refractivity contribution in [2.45, 2.75) is 19.3 Å². The molecule has 2 N–H and O–H groups in total. The van der Waals surface area contributed by atoms with Gasteiger partial charge in [0.25, 0.3) is 0 Å². The van der Waals surface area contributed by atoms with E-state index in [9.17, 15) is 0 Å². The van der Waals surface area contributed by atoms with Gasteiger partial charge in [-0.25, -0.2) is 4.99 Å². The van der Waals surface area contributed by atoms with E-state index < -0.39 is 0 Å². The lowest BCUT2D eigenvalue weighted by Crippen LogP contribution is -2.72. The van der Waals surface area contributed by atoms with Crippen LogP contribution in [0.3, 0.4) is 0 Å². The van der Waals surface area contributed by atoms with Gasteiger partial charge in [-0.15, -0.1) is 0 Å². The molecule has 2 nitrogen and oxygen atoms in total. The molecule has 2 heteroatoms. The van der Waals surface area contributed by atoms with E-state index in [1.807, 2.05) is 0 Å². The fraction of sp³-hybridized carbons (Fsp3) is 0.625. The van der Waals surface area contributed by atoms with Crippen LogP contribution >= 0.6 is 0 Å². The molecule has 2 heterocycles. The van der Waals surface area contributed by atoms with Gasteiger partial charge in [0, 0.05) is 13.0 Å². The van der Waals surface area contributed by atoms with Gasteiger partial charge in [0.15, 0.2) is 6.54 Å². The van der Waals surface area contributed by atoms with Gasteiger partial charge >= 0.3 is 0 Å². The van der Waals surface area contributed by atoms with E-state index >= 15 is 0 Å². The molecule has 0 amide bonds. The zero-order chi connectivity index (χ0) is 6.81. The Morgan fingerprint density at radius 2 is 2.50 bits per heavy atom. The molecule has 0 bridgehead atoms. The molecule has 0 aromatic heterocycles. The number of nitrogens with one attached hydrogen (secondary N) is 2. The summed E-state index contributed by atoms with van der Waals surface area (Å²) in [7, 11) is 0. The molecule has 0 aromatic carbocycles. The predicted molar refractivity (Wildman–Crippen MR) is 40.8 cm³/mol. The molecule has 2 aliphatic rings. The molecule has 0 aliphatic carbocycles. The minimum atomic E-state index is 1.02. The summed E-state index contributed by atoms with van der Waals surface area (Å²) in [5, 5.41) is 3.42.